The van der Waals surface area contributed by atoms with Gasteiger partial charge >= 0.3 is 0 Å². The van der Waals surface area contributed by atoms with Crippen molar-refractivity contribution in [2.24, 2.45) is 17.3 Å². The van der Waals surface area contributed by atoms with Gasteiger partial charge in [0.1, 0.15) is 0 Å². The molecule has 1 aliphatic rings. The Morgan fingerprint density at radius 1 is 1.29 bits per heavy atom. The molecule has 1 nitrogen and oxygen atoms in total. The van der Waals surface area contributed by atoms with E-state index in [1.807, 2.05) is 0 Å². The summed E-state index contributed by atoms with van der Waals surface area (Å²) in [5, 5.41) is 3.70. The molecule has 1 N–H and O–H groups in total. The van der Waals surface area contributed by atoms with E-state index < -0.39 is 0 Å². The van der Waals surface area contributed by atoms with Crippen molar-refractivity contribution in [2.45, 2.75) is 79.2 Å². The van der Waals surface area contributed by atoms with Crippen LogP contribution in [-0.2, 0) is 0 Å². The molecule has 0 amide bonds. The molecule has 1 rings (SSSR count). The maximum absolute atomic E-state index is 3.70. The molecule has 1 fully saturated rings. The highest BCUT2D eigenvalue weighted by atomic mass is 14.9. The molecule has 0 spiro atoms. The summed E-state index contributed by atoms with van der Waals surface area (Å²) in [4.78, 5) is 0. The highest BCUT2D eigenvalue weighted by Crippen LogP contribution is 2.43. The van der Waals surface area contributed by atoms with Crippen molar-refractivity contribution in [1.82, 2.24) is 5.32 Å². The normalized spacial score (nSPS) is 31.1. The highest BCUT2D eigenvalue weighted by molar-refractivity contribution is 4.90. The Morgan fingerprint density at radius 2 is 2.00 bits per heavy atom. The molecule has 0 aromatic carbocycles. The van der Waals surface area contributed by atoms with Crippen LogP contribution in [0.4, 0.5) is 0 Å². The van der Waals surface area contributed by atoms with Crippen LogP contribution in [0.25, 0.3) is 0 Å². The van der Waals surface area contributed by atoms with Crippen molar-refractivity contribution >= 4 is 0 Å². The van der Waals surface area contributed by atoms with Gasteiger partial charge in [0.15, 0.2) is 0 Å². The maximum Gasteiger partial charge on any atom is 0.00724 e. The molecule has 0 heterocycles. The molecule has 0 radical (unpaired) electrons. The van der Waals surface area contributed by atoms with E-state index in [2.05, 4.69) is 39.9 Å². The van der Waals surface area contributed by atoms with E-state index in [1.165, 1.54) is 45.1 Å². The Balaban J connectivity index is 2.32. The number of rotatable bonds is 7. The van der Waals surface area contributed by atoms with E-state index in [4.69, 9.17) is 0 Å². The minimum absolute atomic E-state index is 0.611. The summed E-state index contributed by atoms with van der Waals surface area (Å²) in [7, 11) is 0. The molecule has 3 unspecified atom stereocenters. The zero-order chi connectivity index (χ0) is 12.9. The van der Waals surface area contributed by atoms with Crippen LogP contribution in [0.3, 0.4) is 0 Å². The first-order chi connectivity index (χ1) is 7.95. The third-order valence-corrected chi connectivity index (χ3v) is 4.23. The van der Waals surface area contributed by atoms with E-state index in [0.717, 1.165) is 17.9 Å². The minimum Gasteiger partial charge on any atom is -0.314 e. The lowest BCUT2D eigenvalue weighted by atomic mass is 9.78. The van der Waals surface area contributed by atoms with Crippen molar-refractivity contribution < 1.29 is 0 Å². The molecule has 0 aromatic rings. The Morgan fingerprint density at radius 3 is 2.59 bits per heavy atom. The quantitative estimate of drug-likeness (QED) is 0.683. The van der Waals surface area contributed by atoms with Crippen molar-refractivity contribution in [3.05, 3.63) is 0 Å². The molecule has 0 bridgehead atoms. The summed E-state index contributed by atoms with van der Waals surface area (Å²) in [5.74, 6) is 1.74. The SMILES string of the molecule is CCCNC1CCC(C)(CC(C)CC(C)C)C1. The van der Waals surface area contributed by atoms with Crippen LogP contribution >= 0.6 is 0 Å². The molecule has 0 aromatic heterocycles. The first kappa shape index (κ1) is 15.0. The molecule has 0 saturated heterocycles. The maximum atomic E-state index is 3.70. The zero-order valence-electron chi connectivity index (χ0n) is 12.7. The van der Waals surface area contributed by atoms with Crippen LogP contribution in [0, 0.1) is 17.3 Å². The Kier molecular flexibility index (Phi) is 5.99. The van der Waals surface area contributed by atoms with Crippen molar-refractivity contribution in [3.8, 4) is 0 Å². The van der Waals surface area contributed by atoms with Gasteiger partial charge in [0, 0.05) is 6.04 Å². The molecule has 3 atom stereocenters. The van der Waals surface area contributed by atoms with Crippen LogP contribution in [0.1, 0.15) is 73.1 Å². The predicted octanol–water partition coefficient (Wildman–Crippen LogP) is 4.62. The number of hydrogen-bond acceptors (Lipinski definition) is 1. The summed E-state index contributed by atoms with van der Waals surface area (Å²) < 4.78 is 0. The first-order valence-corrected chi connectivity index (χ1v) is 7.68. The van der Waals surface area contributed by atoms with Gasteiger partial charge in [-0.05, 0) is 62.3 Å². The van der Waals surface area contributed by atoms with Crippen LogP contribution in [0.2, 0.25) is 0 Å². The molecule has 1 aliphatic carbocycles. The zero-order valence-corrected chi connectivity index (χ0v) is 12.7. The van der Waals surface area contributed by atoms with Gasteiger partial charge in [-0.1, -0.05) is 34.6 Å². The average molecular weight is 239 g/mol. The highest BCUT2D eigenvalue weighted by Gasteiger charge is 2.35. The van der Waals surface area contributed by atoms with E-state index in [-0.39, 0.29) is 0 Å². The summed E-state index contributed by atoms with van der Waals surface area (Å²) in [6.07, 6.45) is 8.30. The van der Waals surface area contributed by atoms with Crippen LogP contribution in [0.15, 0.2) is 0 Å². The Hall–Kier alpha value is -0.0400. The van der Waals surface area contributed by atoms with Gasteiger partial charge < -0.3 is 5.32 Å². The molecule has 0 aliphatic heterocycles. The molecule has 17 heavy (non-hydrogen) atoms. The topological polar surface area (TPSA) is 12.0 Å². The molecule has 1 saturated carbocycles. The van der Waals surface area contributed by atoms with E-state index in [9.17, 15) is 0 Å². The van der Waals surface area contributed by atoms with E-state index >= 15 is 0 Å². The molecular formula is C16H33N. The van der Waals surface area contributed by atoms with Crippen molar-refractivity contribution in [3.63, 3.8) is 0 Å². The monoisotopic (exact) mass is 239 g/mol. The van der Waals surface area contributed by atoms with Gasteiger partial charge in [-0.15, -0.1) is 0 Å². The van der Waals surface area contributed by atoms with Crippen molar-refractivity contribution in [2.75, 3.05) is 6.54 Å². The smallest absolute Gasteiger partial charge is 0.00724 e. The van der Waals surface area contributed by atoms with Gasteiger partial charge in [0.25, 0.3) is 0 Å². The lowest BCUT2D eigenvalue weighted by molar-refractivity contribution is 0.231. The summed E-state index contributed by atoms with van der Waals surface area (Å²) in [6, 6.07) is 0.797. The average Bonchev–Trinajstić information content (AvgIpc) is 2.55. The summed E-state index contributed by atoms with van der Waals surface area (Å²) in [5.41, 5.74) is 0.611. The fourth-order valence-corrected chi connectivity index (χ4v) is 3.76. The third-order valence-electron chi connectivity index (χ3n) is 4.23. The Labute approximate surface area is 109 Å². The second kappa shape index (κ2) is 6.78. The van der Waals surface area contributed by atoms with Gasteiger partial charge in [0.2, 0.25) is 0 Å². The van der Waals surface area contributed by atoms with Crippen LogP contribution in [-0.4, -0.2) is 12.6 Å². The molecule has 1 heteroatoms. The van der Waals surface area contributed by atoms with Crippen molar-refractivity contribution in [1.29, 1.82) is 0 Å². The lowest BCUT2D eigenvalue weighted by Crippen LogP contribution is -2.28. The number of hydrogen-bond donors (Lipinski definition) is 1. The molecular weight excluding hydrogens is 206 g/mol. The summed E-state index contributed by atoms with van der Waals surface area (Å²) >= 11 is 0. The van der Waals surface area contributed by atoms with Crippen LogP contribution < -0.4 is 5.32 Å². The van der Waals surface area contributed by atoms with E-state index in [1.54, 1.807) is 0 Å². The van der Waals surface area contributed by atoms with Gasteiger partial charge in [-0.25, -0.2) is 0 Å². The lowest BCUT2D eigenvalue weighted by Gasteiger charge is -2.29. The van der Waals surface area contributed by atoms with Gasteiger partial charge in [-0.2, -0.15) is 0 Å². The standard InChI is InChI=1S/C16H33N/c1-6-9-17-15-7-8-16(5,12-15)11-14(4)10-13(2)3/h13-15,17H,6-12H2,1-5H3. The van der Waals surface area contributed by atoms with Crippen LogP contribution in [0.5, 0.6) is 0 Å². The third kappa shape index (κ3) is 5.42. The fraction of sp³-hybridized carbons (Fsp3) is 1.00. The van der Waals surface area contributed by atoms with Gasteiger partial charge in [0.05, 0.1) is 0 Å². The summed E-state index contributed by atoms with van der Waals surface area (Å²) in [6.45, 7) is 13.1. The fourth-order valence-electron chi connectivity index (χ4n) is 3.76. The minimum atomic E-state index is 0.611. The predicted molar refractivity (Wildman–Crippen MR) is 77.3 cm³/mol. The number of nitrogens with one attached hydrogen (secondary N) is 1. The second-order valence-corrected chi connectivity index (χ2v) is 7.14. The molecule has 102 valence electrons. The Bertz CT molecular complexity index is 212. The van der Waals surface area contributed by atoms with Gasteiger partial charge in [-0.3, -0.25) is 0 Å². The first-order valence-electron chi connectivity index (χ1n) is 7.68. The van der Waals surface area contributed by atoms with E-state index in [0.29, 0.717) is 5.41 Å². The largest absolute Gasteiger partial charge is 0.314 e. The second-order valence-electron chi connectivity index (χ2n) is 7.14.